The summed E-state index contributed by atoms with van der Waals surface area (Å²) in [7, 11) is 0. The molecule has 0 radical (unpaired) electrons. The van der Waals surface area contributed by atoms with Crippen molar-refractivity contribution >= 4 is 0 Å². The maximum atomic E-state index is 9.37. The highest BCUT2D eigenvalue weighted by Crippen LogP contribution is 2.24. The molecule has 0 aromatic rings. The predicted molar refractivity (Wildman–Crippen MR) is 36.7 cm³/mol. The van der Waals surface area contributed by atoms with Crippen molar-refractivity contribution in [3.63, 3.8) is 0 Å². The van der Waals surface area contributed by atoms with Gasteiger partial charge in [-0.1, -0.05) is 0 Å². The molecular weight excluding hydrogens is 130 g/mol. The van der Waals surface area contributed by atoms with Gasteiger partial charge in [0.05, 0.1) is 19.3 Å². The van der Waals surface area contributed by atoms with Gasteiger partial charge in [-0.15, -0.1) is 0 Å². The summed E-state index contributed by atoms with van der Waals surface area (Å²) in [6, 6.07) is 0. The topological polar surface area (TPSA) is 41.5 Å². The molecule has 0 aromatic carbocycles. The highest BCUT2D eigenvalue weighted by Gasteiger charge is 2.36. The van der Waals surface area contributed by atoms with Gasteiger partial charge in [0, 0.05) is 5.92 Å². The lowest BCUT2D eigenvalue weighted by Gasteiger charge is -2.33. The number of aliphatic hydroxyl groups excluding tert-OH is 1. The van der Waals surface area contributed by atoms with Gasteiger partial charge in [-0.2, -0.15) is 0 Å². The Morgan fingerprint density at radius 3 is 2.50 bits per heavy atom. The lowest BCUT2D eigenvalue weighted by molar-refractivity contribution is 0.0891. The molecule has 10 heavy (non-hydrogen) atoms. The number of ether oxygens (including phenoxy) is 1. The molecule has 2 unspecified atom stereocenters. The molecular formula is C7H13NO2. The van der Waals surface area contributed by atoms with Gasteiger partial charge in [-0.05, 0) is 19.0 Å². The average molecular weight is 143 g/mol. The second-order valence-electron chi connectivity index (χ2n) is 3.19. The van der Waals surface area contributed by atoms with Crippen LogP contribution in [0.15, 0.2) is 0 Å². The van der Waals surface area contributed by atoms with E-state index in [0.717, 1.165) is 19.7 Å². The SMILES string of the molecule is OC1COCC1C1CNC1. The van der Waals surface area contributed by atoms with Crippen LogP contribution in [0.25, 0.3) is 0 Å². The van der Waals surface area contributed by atoms with E-state index >= 15 is 0 Å². The second-order valence-corrected chi connectivity index (χ2v) is 3.19. The third-order valence-corrected chi connectivity index (χ3v) is 2.51. The highest BCUT2D eigenvalue weighted by atomic mass is 16.5. The zero-order chi connectivity index (χ0) is 6.97. The molecule has 2 aliphatic heterocycles. The van der Waals surface area contributed by atoms with Gasteiger partial charge in [0.15, 0.2) is 0 Å². The summed E-state index contributed by atoms with van der Waals surface area (Å²) in [5, 5.41) is 12.6. The van der Waals surface area contributed by atoms with Crippen molar-refractivity contribution in [1.29, 1.82) is 0 Å². The van der Waals surface area contributed by atoms with Crippen LogP contribution in [0.5, 0.6) is 0 Å². The van der Waals surface area contributed by atoms with Crippen LogP contribution < -0.4 is 5.32 Å². The zero-order valence-electron chi connectivity index (χ0n) is 5.92. The highest BCUT2D eigenvalue weighted by molar-refractivity contribution is 4.88. The minimum Gasteiger partial charge on any atom is -0.390 e. The van der Waals surface area contributed by atoms with E-state index in [4.69, 9.17) is 4.74 Å². The van der Waals surface area contributed by atoms with Crippen molar-refractivity contribution in [2.75, 3.05) is 26.3 Å². The van der Waals surface area contributed by atoms with Crippen LogP contribution in [0, 0.1) is 11.8 Å². The fourth-order valence-electron chi connectivity index (χ4n) is 1.62. The third kappa shape index (κ3) is 0.944. The van der Waals surface area contributed by atoms with E-state index in [1.165, 1.54) is 0 Å². The Bertz CT molecular complexity index is 125. The summed E-state index contributed by atoms with van der Waals surface area (Å²) in [4.78, 5) is 0. The number of nitrogens with one attached hydrogen (secondary N) is 1. The van der Waals surface area contributed by atoms with Crippen molar-refractivity contribution in [3.05, 3.63) is 0 Å². The largest absolute Gasteiger partial charge is 0.390 e. The van der Waals surface area contributed by atoms with Crippen LogP contribution in [0.1, 0.15) is 0 Å². The molecule has 0 saturated carbocycles. The Hall–Kier alpha value is -0.120. The molecule has 0 bridgehead atoms. The summed E-state index contributed by atoms with van der Waals surface area (Å²) in [6.07, 6.45) is -0.202. The first-order chi connectivity index (χ1) is 4.88. The van der Waals surface area contributed by atoms with Crippen LogP contribution in [-0.4, -0.2) is 37.5 Å². The normalized spacial score (nSPS) is 41.7. The van der Waals surface area contributed by atoms with E-state index in [0.29, 0.717) is 18.4 Å². The molecule has 0 amide bonds. The summed E-state index contributed by atoms with van der Waals surface area (Å²) in [6.45, 7) is 3.42. The lowest BCUT2D eigenvalue weighted by atomic mass is 9.85. The Morgan fingerprint density at radius 1 is 1.30 bits per heavy atom. The number of aliphatic hydroxyl groups is 1. The van der Waals surface area contributed by atoms with E-state index < -0.39 is 0 Å². The summed E-state index contributed by atoms with van der Waals surface area (Å²) >= 11 is 0. The van der Waals surface area contributed by atoms with Crippen LogP contribution in [0.4, 0.5) is 0 Å². The average Bonchev–Trinajstić information content (AvgIpc) is 2.12. The molecule has 2 fully saturated rings. The fourth-order valence-corrected chi connectivity index (χ4v) is 1.62. The Kier molecular flexibility index (Phi) is 1.64. The van der Waals surface area contributed by atoms with Crippen molar-refractivity contribution in [2.45, 2.75) is 6.10 Å². The van der Waals surface area contributed by atoms with Crippen molar-refractivity contribution in [1.82, 2.24) is 5.32 Å². The quantitative estimate of drug-likeness (QED) is 0.505. The van der Waals surface area contributed by atoms with Gasteiger partial charge in [-0.25, -0.2) is 0 Å². The van der Waals surface area contributed by atoms with Crippen LogP contribution in [-0.2, 0) is 4.74 Å². The summed E-state index contributed by atoms with van der Waals surface area (Å²) in [5.74, 6) is 1.07. The van der Waals surface area contributed by atoms with Crippen LogP contribution >= 0.6 is 0 Å². The van der Waals surface area contributed by atoms with E-state index in [9.17, 15) is 5.11 Å². The van der Waals surface area contributed by atoms with Crippen molar-refractivity contribution < 1.29 is 9.84 Å². The molecule has 2 rings (SSSR count). The van der Waals surface area contributed by atoms with Crippen LogP contribution in [0.3, 0.4) is 0 Å². The Balaban J connectivity index is 1.90. The zero-order valence-corrected chi connectivity index (χ0v) is 5.92. The van der Waals surface area contributed by atoms with Crippen molar-refractivity contribution in [2.24, 2.45) is 11.8 Å². The van der Waals surface area contributed by atoms with Gasteiger partial charge in [0.1, 0.15) is 0 Å². The number of rotatable bonds is 1. The first kappa shape index (κ1) is 6.58. The summed E-state index contributed by atoms with van der Waals surface area (Å²) in [5.41, 5.74) is 0. The van der Waals surface area contributed by atoms with E-state index in [1.807, 2.05) is 0 Å². The molecule has 0 spiro atoms. The van der Waals surface area contributed by atoms with E-state index in [1.54, 1.807) is 0 Å². The van der Waals surface area contributed by atoms with Crippen molar-refractivity contribution in [3.8, 4) is 0 Å². The molecule has 2 aliphatic rings. The Labute approximate surface area is 60.4 Å². The smallest absolute Gasteiger partial charge is 0.0827 e. The molecule has 2 N–H and O–H groups in total. The molecule has 3 heteroatoms. The second kappa shape index (κ2) is 2.49. The molecule has 2 saturated heterocycles. The van der Waals surface area contributed by atoms with E-state index in [2.05, 4.69) is 5.32 Å². The predicted octanol–water partition coefficient (Wildman–Crippen LogP) is -0.787. The molecule has 3 nitrogen and oxygen atoms in total. The number of hydrogen-bond donors (Lipinski definition) is 2. The maximum absolute atomic E-state index is 9.37. The summed E-state index contributed by atoms with van der Waals surface area (Å²) < 4.78 is 5.15. The maximum Gasteiger partial charge on any atom is 0.0827 e. The molecule has 0 aromatic heterocycles. The van der Waals surface area contributed by atoms with Crippen LogP contribution in [0.2, 0.25) is 0 Å². The van der Waals surface area contributed by atoms with Gasteiger partial charge in [-0.3, -0.25) is 0 Å². The molecule has 58 valence electrons. The van der Waals surface area contributed by atoms with Gasteiger partial charge in [0.2, 0.25) is 0 Å². The van der Waals surface area contributed by atoms with Gasteiger partial charge in [0.25, 0.3) is 0 Å². The minimum atomic E-state index is -0.202. The lowest BCUT2D eigenvalue weighted by Crippen LogP contribution is -2.49. The minimum absolute atomic E-state index is 0.202. The Morgan fingerprint density at radius 2 is 2.10 bits per heavy atom. The first-order valence-electron chi connectivity index (χ1n) is 3.84. The molecule has 0 aliphatic carbocycles. The third-order valence-electron chi connectivity index (χ3n) is 2.51. The van der Waals surface area contributed by atoms with Gasteiger partial charge >= 0.3 is 0 Å². The van der Waals surface area contributed by atoms with E-state index in [-0.39, 0.29) is 6.10 Å². The first-order valence-corrected chi connectivity index (χ1v) is 3.84. The standard InChI is InChI=1S/C7H13NO2/c9-7-4-10-3-6(7)5-1-8-2-5/h5-9H,1-4H2. The molecule has 2 heterocycles. The molecule has 2 atom stereocenters. The fraction of sp³-hybridized carbons (Fsp3) is 1.00. The monoisotopic (exact) mass is 143 g/mol. The number of hydrogen-bond acceptors (Lipinski definition) is 3. The van der Waals surface area contributed by atoms with Gasteiger partial charge < -0.3 is 15.2 Å².